The zero-order valence-corrected chi connectivity index (χ0v) is 8.65. The van der Waals surface area contributed by atoms with Crippen molar-refractivity contribution in [3.63, 3.8) is 0 Å². The minimum Gasteiger partial charge on any atom is -0.364 e. The summed E-state index contributed by atoms with van der Waals surface area (Å²) in [5.74, 6) is 0.0569. The molecule has 14 heavy (non-hydrogen) atoms. The average molecular weight is 197 g/mol. The first kappa shape index (κ1) is 10.7. The predicted molar refractivity (Wildman–Crippen MR) is 51.5 cm³/mol. The minimum absolute atomic E-state index is 0.0569. The van der Waals surface area contributed by atoms with Crippen molar-refractivity contribution in [2.45, 2.75) is 19.5 Å². The van der Waals surface area contributed by atoms with Crippen LogP contribution >= 0.6 is 0 Å². The monoisotopic (exact) mass is 197 g/mol. The molecular weight excluding hydrogens is 182 g/mol. The van der Waals surface area contributed by atoms with E-state index in [1.807, 2.05) is 6.92 Å². The molecule has 0 aromatic carbocycles. The molecule has 1 unspecified atom stereocenters. The Kier molecular flexibility index (Phi) is 3.64. The van der Waals surface area contributed by atoms with E-state index in [-0.39, 0.29) is 11.9 Å². The van der Waals surface area contributed by atoms with Crippen LogP contribution in [0.4, 0.5) is 0 Å². The first-order valence-electron chi connectivity index (χ1n) is 4.44. The molecule has 78 valence electrons. The first-order chi connectivity index (χ1) is 6.61. The van der Waals surface area contributed by atoms with Crippen LogP contribution < -0.4 is 5.32 Å². The lowest BCUT2D eigenvalue weighted by molar-refractivity contribution is -0.130. The van der Waals surface area contributed by atoms with Gasteiger partial charge in [0.25, 0.3) is 0 Å². The summed E-state index contributed by atoms with van der Waals surface area (Å²) in [6.07, 6.45) is 3.18. The van der Waals surface area contributed by atoms with Crippen molar-refractivity contribution in [3.05, 3.63) is 18.0 Å². The summed E-state index contributed by atoms with van der Waals surface area (Å²) in [5.41, 5.74) is 0.934. The Bertz CT molecular complexity index is 282. The van der Waals surface area contributed by atoms with Gasteiger partial charge in [0.2, 0.25) is 5.91 Å². The van der Waals surface area contributed by atoms with Gasteiger partial charge >= 0.3 is 0 Å². The molecule has 0 spiro atoms. The van der Waals surface area contributed by atoms with Crippen molar-refractivity contribution >= 4 is 5.91 Å². The van der Waals surface area contributed by atoms with E-state index >= 15 is 0 Å². The van der Waals surface area contributed by atoms with Gasteiger partial charge in [-0.25, -0.2) is 0 Å². The molecule has 1 atom stereocenters. The largest absolute Gasteiger partial charge is 0.364 e. The summed E-state index contributed by atoms with van der Waals surface area (Å²) >= 11 is 0. The van der Waals surface area contributed by atoms with Crippen molar-refractivity contribution in [2.24, 2.45) is 0 Å². The SMILES string of the molecule is CC(NCc1cnoc1)C(=O)N(C)C. The van der Waals surface area contributed by atoms with Crippen molar-refractivity contribution < 1.29 is 9.32 Å². The van der Waals surface area contributed by atoms with E-state index < -0.39 is 0 Å². The van der Waals surface area contributed by atoms with Crippen LogP contribution in [-0.4, -0.2) is 36.1 Å². The fourth-order valence-corrected chi connectivity index (χ4v) is 1.06. The smallest absolute Gasteiger partial charge is 0.238 e. The summed E-state index contributed by atoms with van der Waals surface area (Å²) in [5, 5.41) is 6.64. The Balaban J connectivity index is 2.35. The van der Waals surface area contributed by atoms with E-state index in [4.69, 9.17) is 0 Å². The Morgan fingerprint density at radius 2 is 2.43 bits per heavy atom. The predicted octanol–water partition coefficient (Wildman–Crippen LogP) is 0.241. The maximum atomic E-state index is 11.4. The van der Waals surface area contributed by atoms with Gasteiger partial charge in [0.15, 0.2) is 0 Å². The summed E-state index contributed by atoms with van der Waals surface area (Å²) in [4.78, 5) is 13.0. The summed E-state index contributed by atoms with van der Waals surface area (Å²) in [6, 6.07) is -0.195. The van der Waals surface area contributed by atoms with Crippen LogP contribution in [-0.2, 0) is 11.3 Å². The molecule has 0 fully saturated rings. The third kappa shape index (κ3) is 2.85. The van der Waals surface area contributed by atoms with Gasteiger partial charge in [0, 0.05) is 26.2 Å². The van der Waals surface area contributed by atoms with E-state index in [2.05, 4.69) is 15.0 Å². The summed E-state index contributed by atoms with van der Waals surface area (Å²) in [6.45, 7) is 2.42. The molecule has 0 radical (unpaired) electrons. The van der Waals surface area contributed by atoms with Gasteiger partial charge in [-0.05, 0) is 6.92 Å². The van der Waals surface area contributed by atoms with Crippen molar-refractivity contribution in [2.75, 3.05) is 14.1 Å². The maximum absolute atomic E-state index is 11.4. The van der Waals surface area contributed by atoms with Gasteiger partial charge in [0.05, 0.1) is 12.2 Å². The van der Waals surface area contributed by atoms with Crippen molar-refractivity contribution in [3.8, 4) is 0 Å². The molecule has 5 heteroatoms. The third-order valence-electron chi connectivity index (χ3n) is 1.91. The summed E-state index contributed by atoms with van der Waals surface area (Å²) < 4.78 is 4.67. The molecule has 0 bridgehead atoms. The quantitative estimate of drug-likeness (QED) is 0.751. The van der Waals surface area contributed by atoms with Crippen LogP contribution in [0, 0.1) is 0 Å². The number of hydrogen-bond donors (Lipinski definition) is 1. The number of hydrogen-bond acceptors (Lipinski definition) is 4. The van der Waals surface area contributed by atoms with E-state index in [9.17, 15) is 4.79 Å². The van der Waals surface area contributed by atoms with Crippen LogP contribution in [0.5, 0.6) is 0 Å². The highest BCUT2D eigenvalue weighted by Gasteiger charge is 2.13. The molecule has 1 aromatic rings. The van der Waals surface area contributed by atoms with E-state index in [0.717, 1.165) is 5.56 Å². The fraction of sp³-hybridized carbons (Fsp3) is 0.556. The Hall–Kier alpha value is -1.36. The molecule has 0 saturated carbocycles. The number of amides is 1. The highest BCUT2D eigenvalue weighted by molar-refractivity contribution is 5.80. The normalized spacial score (nSPS) is 12.5. The van der Waals surface area contributed by atoms with Crippen LogP contribution in [0.3, 0.4) is 0 Å². The molecule has 1 aromatic heterocycles. The fourth-order valence-electron chi connectivity index (χ4n) is 1.06. The van der Waals surface area contributed by atoms with Gasteiger partial charge in [0.1, 0.15) is 6.26 Å². The maximum Gasteiger partial charge on any atom is 0.238 e. The van der Waals surface area contributed by atoms with E-state index in [1.54, 1.807) is 31.5 Å². The number of carbonyl (C=O) groups excluding carboxylic acids is 1. The highest BCUT2D eigenvalue weighted by atomic mass is 16.5. The third-order valence-corrected chi connectivity index (χ3v) is 1.91. The van der Waals surface area contributed by atoms with Crippen molar-refractivity contribution in [1.29, 1.82) is 0 Å². The van der Waals surface area contributed by atoms with E-state index in [0.29, 0.717) is 6.54 Å². The second kappa shape index (κ2) is 4.76. The van der Waals surface area contributed by atoms with Crippen LogP contribution in [0.15, 0.2) is 17.0 Å². The van der Waals surface area contributed by atoms with Crippen LogP contribution in [0.25, 0.3) is 0 Å². The molecule has 0 aliphatic heterocycles. The Morgan fingerprint density at radius 3 is 2.93 bits per heavy atom. The number of aromatic nitrogens is 1. The number of likely N-dealkylation sites (N-methyl/N-ethyl adjacent to an activating group) is 1. The minimum atomic E-state index is -0.195. The number of carbonyl (C=O) groups is 1. The van der Waals surface area contributed by atoms with Crippen LogP contribution in [0.2, 0.25) is 0 Å². The first-order valence-corrected chi connectivity index (χ1v) is 4.44. The van der Waals surface area contributed by atoms with Crippen molar-refractivity contribution in [1.82, 2.24) is 15.4 Å². The van der Waals surface area contributed by atoms with Gasteiger partial charge in [-0.3, -0.25) is 4.79 Å². The van der Waals surface area contributed by atoms with Gasteiger partial charge < -0.3 is 14.7 Å². The molecule has 5 nitrogen and oxygen atoms in total. The zero-order chi connectivity index (χ0) is 10.6. The number of rotatable bonds is 4. The number of nitrogens with one attached hydrogen (secondary N) is 1. The average Bonchev–Trinajstić information content (AvgIpc) is 2.65. The summed E-state index contributed by atoms with van der Waals surface area (Å²) in [7, 11) is 3.47. The molecule has 0 saturated heterocycles. The molecule has 1 heterocycles. The molecular formula is C9H15N3O2. The molecule has 0 aliphatic rings. The van der Waals surface area contributed by atoms with Gasteiger partial charge in [-0.2, -0.15) is 0 Å². The molecule has 0 aliphatic carbocycles. The zero-order valence-electron chi connectivity index (χ0n) is 8.65. The highest BCUT2D eigenvalue weighted by Crippen LogP contribution is 1.97. The van der Waals surface area contributed by atoms with Gasteiger partial charge in [-0.15, -0.1) is 0 Å². The molecule has 1 N–H and O–H groups in total. The lowest BCUT2D eigenvalue weighted by Gasteiger charge is -2.17. The Labute approximate surface area is 83.1 Å². The van der Waals surface area contributed by atoms with E-state index in [1.165, 1.54) is 0 Å². The topological polar surface area (TPSA) is 58.4 Å². The Morgan fingerprint density at radius 1 is 1.71 bits per heavy atom. The lowest BCUT2D eigenvalue weighted by Crippen LogP contribution is -2.41. The second-order valence-corrected chi connectivity index (χ2v) is 3.37. The molecule has 1 rings (SSSR count). The lowest BCUT2D eigenvalue weighted by atomic mass is 10.2. The second-order valence-electron chi connectivity index (χ2n) is 3.37. The standard InChI is InChI=1S/C9H15N3O2/c1-7(9(13)12(2)3)10-4-8-5-11-14-6-8/h5-7,10H,4H2,1-3H3. The van der Waals surface area contributed by atoms with Crippen LogP contribution in [0.1, 0.15) is 12.5 Å². The molecule has 1 amide bonds. The number of nitrogens with zero attached hydrogens (tertiary/aromatic N) is 2. The van der Waals surface area contributed by atoms with Gasteiger partial charge in [-0.1, -0.05) is 5.16 Å².